The van der Waals surface area contributed by atoms with Gasteiger partial charge in [0.05, 0.1) is 30.0 Å². The fourth-order valence-electron chi connectivity index (χ4n) is 2.33. The average molecular weight is 343 g/mol. The van der Waals surface area contributed by atoms with Crippen LogP contribution in [0.2, 0.25) is 0 Å². The minimum atomic E-state index is -0.332. The van der Waals surface area contributed by atoms with E-state index in [-0.39, 0.29) is 5.91 Å². The Hall–Kier alpha value is -2.80. The number of aryl methyl sites for hydroxylation is 1. The third-order valence-corrected chi connectivity index (χ3v) is 4.41. The first-order valence-corrected chi connectivity index (χ1v) is 8.08. The molecule has 3 rings (SSSR count). The van der Waals surface area contributed by atoms with Crippen molar-refractivity contribution < 1.29 is 14.3 Å². The largest absolute Gasteiger partial charge is 0.493 e. The number of nitrogens with one attached hydrogen (secondary N) is 2. The van der Waals surface area contributed by atoms with Gasteiger partial charge in [-0.05, 0) is 36.8 Å². The molecule has 0 saturated carbocycles. The molecule has 0 unspecified atom stereocenters. The van der Waals surface area contributed by atoms with Crippen LogP contribution in [0.25, 0.3) is 10.2 Å². The normalized spacial score (nSPS) is 10.5. The molecule has 0 spiro atoms. The third-order valence-electron chi connectivity index (χ3n) is 3.47. The van der Waals surface area contributed by atoms with E-state index in [1.807, 2.05) is 19.1 Å². The van der Waals surface area contributed by atoms with Gasteiger partial charge in [0.2, 0.25) is 5.13 Å². The summed E-state index contributed by atoms with van der Waals surface area (Å²) in [6.07, 6.45) is 0. The number of ether oxygens (including phenoxy) is 2. The number of anilines is 1. The molecule has 1 amide bonds. The molecule has 0 saturated heterocycles. The molecule has 0 aliphatic rings. The number of para-hydroxylation sites is 1. The van der Waals surface area contributed by atoms with Crippen LogP contribution in [-0.4, -0.2) is 25.1 Å². The lowest BCUT2D eigenvalue weighted by Gasteiger charge is -2.12. The van der Waals surface area contributed by atoms with Crippen molar-refractivity contribution in [2.24, 2.45) is 0 Å². The summed E-state index contributed by atoms with van der Waals surface area (Å²) < 4.78 is 11.5. The van der Waals surface area contributed by atoms with E-state index < -0.39 is 0 Å². The summed E-state index contributed by atoms with van der Waals surface area (Å²) >= 11 is 1.47. The quantitative estimate of drug-likeness (QED) is 0.695. The Bertz CT molecular complexity index is 892. The number of benzene rings is 2. The van der Waals surface area contributed by atoms with Crippen LogP contribution in [0, 0.1) is 6.92 Å². The highest BCUT2D eigenvalue weighted by atomic mass is 32.1. The van der Waals surface area contributed by atoms with Gasteiger partial charge in [0.25, 0.3) is 5.91 Å². The van der Waals surface area contributed by atoms with Crippen LogP contribution in [0.15, 0.2) is 36.4 Å². The van der Waals surface area contributed by atoms with Crippen molar-refractivity contribution in [1.29, 1.82) is 0 Å². The maximum Gasteiger partial charge on any atom is 0.273 e. The van der Waals surface area contributed by atoms with Crippen LogP contribution in [0.5, 0.6) is 11.5 Å². The average Bonchev–Trinajstić information content (AvgIpc) is 3.00. The number of thiazole rings is 1. The maximum atomic E-state index is 12.4. The van der Waals surface area contributed by atoms with Crippen LogP contribution < -0.4 is 20.3 Å². The number of rotatable bonds is 5. The number of aromatic nitrogens is 1. The smallest absolute Gasteiger partial charge is 0.273 e. The van der Waals surface area contributed by atoms with Crippen molar-refractivity contribution in [2.75, 3.05) is 19.6 Å². The minimum Gasteiger partial charge on any atom is -0.493 e. The molecule has 0 fully saturated rings. The van der Waals surface area contributed by atoms with E-state index in [1.54, 1.807) is 18.2 Å². The van der Waals surface area contributed by atoms with Crippen molar-refractivity contribution in [3.63, 3.8) is 0 Å². The standard InChI is InChI=1S/C17H17N3O3S/c1-10-7-8-12-14(9-10)24-17(18-12)20-19-16(21)11-5-4-6-13(22-2)15(11)23-3/h4-9H,1-3H3,(H,18,20)(H,19,21). The van der Waals surface area contributed by atoms with Crippen molar-refractivity contribution in [1.82, 2.24) is 10.4 Å². The molecule has 0 atom stereocenters. The molecule has 2 N–H and O–H groups in total. The molecule has 24 heavy (non-hydrogen) atoms. The number of hydrogen-bond acceptors (Lipinski definition) is 6. The SMILES string of the molecule is COc1cccc(C(=O)NNc2nc3ccc(C)cc3s2)c1OC. The molecule has 0 aliphatic heterocycles. The molecule has 7 heteroatoms. The number of fused-ring (bicyclic) bond motifs is 1. The molecule has 6 nitrogen and oxygen atoms in total. The lowest BCUT2D eigenvalue weighted by Crippen LogP contribution is -2.29. The second kappa shape index (κ2) is 6.76. The lowest BCUT2D eigenvalue weighted by molar-refractivity contribution is 0.0959. The number of nitrogens with zero attached hydrogens (tertiary/aromatic N) is 1. The highest BCUT2D eigenvalue weighted by Gasteiger charge is 2.16. The second-order valence-corrected chi connectivity index (χ2v) is 6.14. The van der Waals surface area contributed by atoms with Gasteiger partial charge in [-0.25, -0.2) is 4.98 Å². The summed E-state index contributed by atoms with van der Waals surface area (Å²) in [5.41, 5.74) is 7.93. The summed E-state index contributed by atoms with van der Waals surface area (Å²) in [4.78, 5) is 16.8. The zero-order valence-electron chi connectivity index (χ0n) is 13.5. The molecular formula is C17H17N3O3S. The fraction of sp³-hybridized carbons (Fsp3) is 0.176. The van der Waals surface area contributed by atoms with Crippen LogP contribution >= 0.6 is 11.3 Å². The summed E-state index contributed by atoms with van der Waals surface area (Å²) in [7, 11) is 3.03. The first kappa shape index (κ1) is 16.1. The van der Waals surface area contributed by atoms with Crippen LogP contribution in [0.1, 0.15) is 15.9 Å². The predicted molar refractivity (Wildman–Crippen MR) is 95.0 cm³/mol. The first-order valence-electron chi connectivity index (χ1n) is 7.27. The highest BCUT2D eigenvalue weighted by Crippen LogP contribution is 2.31. The summed E-state index contributed by atoms with van der Waals surface area (Å²) in [5.74, 6) is 0.557. The van der Waals surface area contributed by atoms with Gasteiger partial charge in [-0.3, -0.25) is 15.6 Å². The van der Waals surface area contributed by atoms with Gasteiger partial charge in [0.15, 0.2) is 11.5 Å². The number of hydrazine groups is 1. The Balaban J connectivity index is 1.77. The topological polar surface area (TPSA) is 72.5 Å². The molecule has 1 heterocycles. The van der Waals surface area contributed by atoms with Crippen molar-refractivity contribution in [3.05, 3.63) is 47.5 Å². The van der Waals surface area contributed by atoms with E-state index in [4.69, 9.17) is 9.47 Å². The van der Waals surface area contributed by atoms with Gasteiger partial charge in [0.1, 0.15) is 0 Å². The molecule has 0 radical (unpaired) electrons. The molecule has 2 aromatic carbocycles. The molecule has 1 aromatic heterocycles. The lowest BCUT2D eigenvalue weighted by atomic mass is 10.2. The molecule has 3 aromatic rings. The Morgan fingerprint density at radius 1 is 1.17 bits per heavy atom. The van der Waals surface area contributed by atoms with Crippen LogP contribution in [0.3, 0.4) is 0 Å². The summed E-state index contributed by atoms with van der Waals surface area (Å²) in [6.45, 7) is 2.03. The Morgan fingerprint density at radius 2 is 2.00 bits per heavy atom. The number of carbonyl (C=O) groups is 1. The molecule has 124 valence electrons. The number of amides is 1. The van der Waals surface area contributed by atoms with Gasteiger partial charge in [-0.1, -0.05) is 23.5 Å². The van der Waals surface area contributed by atoms with Gasteiger partial charge < -0.3 is 9.47 Å². The predicted octanol–water partition coefficient (Wildman–Crippen LogP) is 3.38. The number of methoxy groups -OCH3 is 2. The molecular weight excluding hydrogens is 326 g/mol. The Morgan fingerprint density at radius 3 is 2.75 bits per heavy atom. The van der Waals surface area contributed by atoms with E-state index in [1.165, 1.54) is 31.1 Å². The van der Waals surface area contributed by atoms with Crippen molar-refractivity contribution in [2.45, 2.75) is 6.92 Å². The monoisotopic (exact) mass is 343 g/mol. The zero-order chi connectivity index (χ0) is 17.1. The minimum absolute atomic E-state index is 0.332. The van der Waals surface area contributed by atoms with Gasteiger partial charge in [-0.2, -0.15) is 0 Å². The molecule has 0 bridgehead atoms. The highest BCUT2D eigenvalue weighted by molar-refractivity contribution is 7.22. The fourth-order valence-corrected chi connectivity index (χ4v) is 3.25. The number of hydrogen-bond donors (Lipinski definition) is 2. The van der Waals surface area contributed by atoms with Crippen LogP contribution in [-0.2, 0) is 0 Å². The van der Waals surface area contributed by atoms with Gasteiger partial charge in [-0.15, -0.1) is 0 Å². The van der Waals surface area contributed by atoms with Crippen LogP contribution in [0.4, 0.5) is 5.13 Å². The Labute approximate surface area is 143 Å². The summed E-state index contributed by atoms with van der Waals surface area (Å²) in [6, 6.07) is 11.2. The van der Waals surface area contributed by atoms with E-state index in [2.05, 4.69) is 21.9 Å². The maximum absolute atomic E-state index is 12.4. The third kappa shape index (κ3) is 3.11. The van der Waals surface area contributed by atoms with E-state index >= 15 is 0 Å². The zero-order valence-corrected chi connectivity index (χ0v) is 14.4. The first-order chi connectivity index (χ1) is 11.6. The molecule has 0 aliphatic carbocycles. The summed E-state index contributed by atoms with van der Waals surface area (Å²) in [5, 5.41) is 0.616. The van der Waals surface area contributed by atoms with Crippen molar-refractivity contribution in [3.8, 4) is 11.5 Å². The second-order valence-electron chi connectivity index (χ2n) is 5.11. The number of carbonyl (C=O) groups excluding carboxylic acids is 1. The van der Waals surface area contributed by atoms with Gasteiger partial charge >= 0.3 is 0 Å². The van der Waals surface area contributed by atoms with E-state index in [0.717, 1.165) is 10.2 Å². The van der Waals surface area contributed by atoms with E-state index in [0.29, 0.717) is 22.2 Å². The van der Waals surface area contributed by atoms with Gasteiger partial charge in [0, 0.05) is 0 Å². The van der Waals surface area contributed by atoms with Crippen molar-refractivity contribution >= 4 is 32.6 Å². The van der Waals surface area contributed by atoms with E-state index in [9.17, 15) is 4.79 Å². The Kier molecular flexibility index (Phi) is 4.52.